The number of nitrogens with one attached hydrogen (secondary N) is 1. The SMILES string of the molecule is CC(C)Oc1ccc(N(CC(=O)NC(C)(C)Cc2ccccc2)S(C)(=O)=O)cc1. The standard InChI is InChI=1S/C22H30N2O4S/c1-17(2)28-20-13-11-19(12-14-20)24(29(5,26)27)16-21(25)23-22(3,4)15-18-9-7-6-8-10-18/h6-14,17H,15-16H2,1-5H3,(H,23,25). The summed E-state index contributed by atoms with van der Waals surface area (Å²) in [6, 6.07) is 16.5. The average molecular weight is 419 g/mol. The van der Waals surface area contributed by atoms with Crippen molar-refractivity contribution in [1.29, 1.82) is 0 Å². The van der Waals surface area contributed by atoms with Crippen LogP contribution < -0.4 is 14.4 Å². The summed E-state index contributed by atoms with van der Waals surface area (Å²) in [5.74, 6) is 0.282. The maximum Gasteiger partial charge on any atom is 0.241 e. The monoisotopic (exact) mass is 418 g/mol. The van der Waals surface area contributed by atoms with E-state index in [1.165, 1.54) is 0 Å². The van der Waals surface area contributed by atoms with E-state index in [-0.39, 0.29) is 18.6 Å². The van der Waals surface area contributed by atoms with Crippen LogP contribution in [-0.4, -0.2) is 38.8 Å². The summed E-state index contributed by atoms with van der Waals surface area (Å²) in [6.07, 6.45) is 1.75. The maximum absolute atomic E-state index is 12.6. The number of nitrogens with zero attached hydrogens (tertiary/aromatic N) is 1. The van der Waals surface area contributed by atoms with Gasteiger partial charge in [0.05, 0.1) is 18.0 Å². The number of amides is 1. The van der Waals surface area contributed by atoms with Gasteiger partial charge in [0.1, 0.15) is 12.3 Å². The molecule has 0 bridgehead atoms. The van der Waals surface area contributed by atoms with Crippen molar-refractivity contribution in [2.24, 2.45) is 0 Å². The van der Waals surface area contributed by atoms with E-state index in [4.69, 9.17) is 4.74 Å². The first-order valence-corrected chi connectivity index (χ1v) is 11.4. The topological polar surface area (TPSA) is 75.7 Å². The van der Waals surface area contributed by atoms with Crippen LogP contribution in [0.4, 0.5) is 5.69 Å². The fraction of sp³-hybridized carbons (Fsp3) is 0.409. The van der Waals surface area contributed by atoms with Crippen molar-refractivity contribution in [3.8, 4) is 5.75 Å². The quantitative estimate of drug-likeness (QED) is 0.677. The molecule has 0 atom stereocenters. The first-order chi connectivity index (χ1) is 13.5. The molecule has 0 radical (unpaired) electrons. The highest BCUT2D eigenvalue weighted by atomic mass is 32.2. The Morgan fingerprint density at radius 3 is 2.17 bits per heavy atom. The van der Waals surface area contributed by atoms with Gasteiger partial charge in [0.15, 0.2) is 0 Å². The predicted molar refractivity (Wildman–Crippen MR) is 117 cm³/mol. The average Bonchev–Trinajstić information content (AvgIpc) is 2.59. The first-order valence-electron chi connectivity index (χ1n) is 9.56. The Morgan fingerprint density at radius 2 is 1.66 bits per heavy atom. The minimum atomic E-state index is -3.63. The molecule has 0 fully saturated rings. The molecule has 0 unspecified atom stereocenters. The van der Waals surface area contributed by atoms with Crippen molar-refractivity contribution < 1.29 is 17.9 Å². The smallest absolute Gasteiger partial charge is 0.241 e. The van der Waals surface area contributed by atoms with Crippen LogP contribution in [0.2, 0.25) is 0 Å². The molecule has 6 nitrogen and oxygen atoms in total. The molecule has 158 valence electrons. The highest BCUT2D eigenvalue weighted by molar-refractivity contribution is 7.92. The minimum absolute atomic E-state index is 0.0180. The maximum atomic E-state index is 12.6. The molecule has 0 aromatic heterocycles. The molecular weight excluding hydrogens is 388 g/mol. The second kappa shape index (κ2) is 9.31. The van der Waals surface area contributed by atoms with Gasteiger partial charge in [-0.1, -0.05) is 30.3 Å². The van der Waals surface area contributed by atoms with Gasteiger partial charge in [-0.15, -0.1) is 0 Å². The second-order valence-corrected chi connectivity index (χ2v) is 9.93. The molecule has 0 aliphatic rings. The Hall–Kier alpha value is -2.54. The van der Waals surface area contributed by atoms with Crippen molar-refractivity contribution in [2.45, 2.75) is 45.8 Å². The van der Waals surface area contributed by atoms with E-state index >= 15 is 0 Å². The van der Waals surface area contributed by atoms with Gasteiger partial charge in [-0.05, 0) is 63.9 Å². The van der Waals surface area contributed by atoms with Gasteiger partial charge in [-0.2, -0.15) is 0 Å². The van der Waals surface area contributed by atoms with Gasteiger partial charge < -0.3 is 10.1 Å². The van der Waals surface area contributed by atoms with Gasteiger partial charge in [-0.3, -0.25) is 9.10 Å². The lowest BCUT2D eigenvalue weighted by Crippen LogP contribution is -2.50. The summed E-state index contributed by atoms with van der Waals surface area (Å²) in [5, 5.41) is 2.94. The molecule has 0 saturated carbocycles. The third-order valence-electron chi connectivity index (χ3n) is 4.15. The third-order valence-corrected chi connectivity index (χ3v) is 5.29. The molecule has 1 N–H and O–H groups in total. The van der Waals surface area contributed by atoms with Gasteiger partial charge in [0, 0.05) is 5.54 Å². The molecule has 7 heteroatoms. The van der Waals surface area contributed by atoms with Crippen LogP contribution >= 0.6 is 0 Å². The van der Waals surface area contributed by atoms with E-state index in [9.17, 15) is 13.2 Å². The molecule has 29 heavy (non-hydrogen) atoms. The molecule has 1 amide bonds. The predicted octanol–water partition coefficient (Wildman–Crippen LogP) is 3.38. The van der Waals surface area contributed by atoms with Crippen LogP contribution in [0.25, 0.3) is 0 Å². The summed E-state index contributed by atoms with van der Waals surface area (Å²) in [6.45, 7) is 7.37. The summed E-state index contributed by atoms with van der Waals surface area (Å²) in [5.41, 5.74) is 0.995. The zero-order valence-electron chi connectivity index (χ0n) is 17.7. The number of benzene rings is 2. The van der Waals surface area contributed by atoms with E-state index in [1.54, 1.807) is 24.3 Å². The normalized spacial score (nSPS) is 11.9. The Balaban J connectivity index is 2.10. The van der Waals surface area contributed by atoms with E-state index in [0.29, 0.717) is 17.9 Å². The molecule has 0 spiro atoms. The number of hydrogen-bond acceptors (Lipinski definition) is 4. The molecule has 0 aliphatic heterocycles. The summed E-state index contributed by atoms with van der Waals surface area (Å²) < 4.78 is 31.3. The lowest BCUT2D eigenvalue weighted by atomic mass is 9.95. The number of rotatable bonds is 9. The zero-order chi connectivity index (χ0) is 21.7. The number of anilines is 1. The van der Waals surface area contributed by atoms with Gasteiger partial charge in [0.25, 0.3) is 0 Å². The van der Waals surface area contributed by atoms with Crippen LogP contribution in [0.1, 0.15) is 33.3 Å². The van der Waals surface area contributed by atoms with E-state index in [2.05, 4.69) is 5.32 Å². The summed E-state index contributed by atoms with van der Waals surface area (Å²) in [4.78, 5) is 12.6. The van der Waals surface area contributed by atoms with Crippen LogP contribution in [0.15, 0.2) is 54.6 Å². The number of sulfonamides is 1. The molecule has 2 rings (SSSR count). The number of hydrogen-bond donors (Lipinski definition) is 1. The second-order valence-electron chi connectivity index (χ2n) is 8.02. The van der Waals surface area contributed by atoms with Crippen LogP contribution in [-0.2, 0) is 21.2 Å². The van der Waals surface area contributed by atoms with Crippen molar-refractivity contribution in [2.75, 3.05) is 17.1 Å². The Kier molecular flexibility index (Phi) is 7.30. The molecule has 0 saturated heterocycles. The summed E-state index contributed by atoms with van der Waals surface area (Å²) in [7, 11) is -3.63. The highest BCUT2D eigenvalue weighted by Crippen LogP contribution is 2.22. The zero-order valence-corrected chi connectivity index (χ0v) is 18.5. The van der Waals surface area contributed by atoms with Crippen LogP contribution in [0.5, 0.6) is 5.75 Å². The van der Waals surface area contributed by atoms with Crippen molar-refractivity contribution in [3.63, 3.8) is 0 Å². The van der Waals surface area contributed by atoms with Crippen molar-refractivity contribution in [3.05, 3.63) is 60.2 Å². The number of carbonyl (C=O) groups excluding carboxylic acids is 1. The Labute approximate surface area is 173 Å². The Morgan fingerprint density at radius 1 is 1.07 bits per heavy atom. The third kappa shape index (κ3) is 7.42. The minimum Gasteiger partial charge on any atom is -0.491 e. The van der Waals surface area contributed by atoms with E-state index in [1.807, 2.05) is 58.0 Å². The van der Waals surface area contributed by atoms with Crippen LogP contribution in [0.3, 0.4) is 0 Å². The lowest BCUT2D eigenvalue weighted by molar-refractivity contribution is -0.121. The van der Waals surface area contributed by atoms with Crippen molar-refractivity contribution >= 4 is 21.6 Å². The Bertz CT molecular complexity index is 908. The lowest BCUT2D eigenvalue weighted by Gasteiger charge is -2.29. The van der Waals surface area contributed by atoms with Gasteiger partial charge >= 0.3 is 0 Å². The molecular formula is C22H30N2O4S. The highest BCUT2D eigenvalue weighted by Gasteiger charge is 2.25. The van der Waals surface area contributed by atoms with Gasteiger partial charge in [0.2, 0.25) is 15.9 Å². The molecule has 0 aliphatic carbocycles. The summed E-state index contributed by atoms with van der Waals surface area (Å²) >= 11 is 0. The van der Waals surface area contributed by atoms with Crippen molar-refractivity contribution in [1.82, 2.24) is 5.32 Å². The number of carbonyl (C=O) groups is 1. The van der Waals surface area contributed by atoms with E-state index in [0.717, 1.165) is 16.1 Å². The fourth-order valence-corrected chi connectivity index (χ4v) is 3.92. The number of ether oxygens (including phenoxy) is 1. The molecule has 2 aromatic carbocycles. The first kappa shape index (κ1) is 22.7. The fourth-order valence-electron chi connectivity index (χ4n) is 3.06. The largest absolute Gasteiger partial charge is 0.491 e. The molecule has 2 aromatic rings. The van der Waals surface area contributed by atoms with Gasteiger partial charge in [-0.25, -0.2) is 8.42 Å². The molecule has 0 heterocycles. The van der Waals surface area contributed by atoms with Crippen LogP contribution in [0, 0.1) is 0 Å². The van der Waals surface area contributed by atoms with E-state index < -0.39 is 15.6 Å².